The highest BCUT2D eigenvalue weighted by Crippen LogP contribution is 2.49. The van der Waals surface area contributed by atoms with Gasteiger partial charge in [-0.3, -0.25) is 9.59 Å². The van der Waals surface area contributed by atoms with E-state index in [2.05, 4.69) is 0 Å². The first-order chi connectivity index (χ1) is 11.2. The fraction of sp³-hybridized carbons (Fsp3) is 0.550. The lowest BCUT2D eigenvalue weighted by Crippen LogP contribution is -2.45. The molecule has 1 saturated carbocycles. The summed E-state index contributed by atoms with van der Waals surface area (Å²) < 4.78 is 5.61. The Hall–Kier alpha value is -1.97. The van der Waals surface area contributed by atoms with Crippen LogP contribution in [0.5, 0.6) is 0 Å². The summed E-state index contributed by atoms with van der Waals surface area (Å²) in [6.45, 7) is 6.87. The van der Waals surface area contributed by atoms with Crippen molar-refractivity contribution in [2.24, 2.45) is 5.41 Å². The number of carbonyl (C=O) groups is 3. The Labute approximate surface area is 143 Å². The smallest absolute Gasteiger partial charge is 0.320 e. The molecule has 0 spiro atoms. The predicted molar refractivity (Wildman–Crippen MR) is 91.6 cm³/mol. The van der Waals surface area contributed by atoms with Gasteiger partial charge in [-0.15, -0.1) is 0 Å². The second-order valence-corrected chi connectivity index (χ2v) is 7.62. The van der Waals surface area contributed by atoms with Crippen molar-refractivity contribution in [3.05, 3.63) is 35.9 Å². The number of rotatable bonds is 5. The molecule has 4 nitrogen and oxygen atoms in total. The quantitative estimate of drug-likeness (QED) is 0.608. The van der Waals surface area contributed by atoms with E-state index in [9.17, 15) is 14.4 Å². The number of benzene rings is 1. The van der Waals surface area contributed by atoms with E-state index < -0.39 is 22.9 Å². The molecule has 0 aliphatic heterocycles. The van der Waals surface area contributed by atoms with Gasteiger partial charge >= 0.3 is 5.97 Å². The molecule has 2 atom stereocenters. The largest absolute Gasteiger partial charge is 0.459 e. The highest BCUT2D eigenvalue weighted by Gasteiger charge is 2.56. The molecule has 1 aromatic carbocycles. The summed E-state index contributed by atoms with van der Waals surface area (Å²) in [4.78, 5) is 37.7. The fourth-order valence-electron chi connectivity index (χ4n) is 3.54. The van der Waals surface area contributed by atoms with Crippen LogP contribution in [0.4, 0.5) is 0 Å². The van der Waals surface area contributed by atoms with Crippen LogP contribution in [0.1, 0.15) is 64.9 Å². The van der Waals surface area contributed by atoms with Gasteiger partial charge in [0.05, 0.1) is 0 Å². The zero-order chi connectivity index (χ0) is 18.0. The number of esters is 1. The third kappa shape index (κ3) is 3.74. The standard InChI is InChI=1S/C20H26O4/c1-14(21)13-16(15-9-6-5-7-10-15)20(12-8-11-17(20)22)18(23)24-19(2,3)4/h5-7,9-10,16H,8,11-13H2,1-4H3/t16-,20+/m0/s1. The highest BCUT2D eigenvalue weighted by atomic mass is 16.6. The van der Waals surface area contributed by atoms with E-state index in [0.29, 0.717) is 19.3 Å². The molecule has 0 amide bonds. The number of hydrogen-bond donors (Lipinski definition) is 0. The maximum absolute atomic E-state index is 13.0. The third-order valence-electron chi connectivity index (χ3n) is 4.52. The molecule has 0 bridgehead atoms. The second-order valence-electron chi connectivity index (χ2n) is 7.62. The fourth-order valence-corrected chi connectivity index (χ4v) is 3.54. The lowest BCUT2D eigenvalue weighted by molar-refractivity contribution is -0.171. The molecule has 24 heavy (non-hydrogen) atoms. The first-order valence-corrected chi connectivity index (χ1v) is 8.48. The van der Waals surface area contributed by atoms with E-state index in [-0.39, 0.29) is 18.0 Å². The van der Waals surface area contributed by atoms with E-state index in [0.717, 1.165) is 5.56 Å². The molecule has 0 saturated heterocycles. The summed E-state index contributed by atoms with van der Waals surface area (Å²) >= 11 is 0. The highest BCUT2D eigenvalue weighted by molar-refractivity contribution is 6.07. The number of hydrogen-bond acceptors (Lipinski definition) is 4. The van der Waals surface area contributed by atoms with Crippen molar-refractivity contribution >= 4 is 17.5 Å². The van der Waals surface area contributed by atoms with Crippen LogP contribution in [0.3, 0.4) is 0 Å². The number of carbonyl (C=O) groups excluding carboxylic acids is 3. The first kappa shape index (κ1) is 18.4. The summed E-state index contributed by atoms with van der Waals surface area (Å²) in [5.41, 5.74) is -1.08. The summed E-state index contributed by atoms with van der Waals surface area (Å²) in [7, 11) is 0. The molecular formula is C20H26O4. The van der Waals surface area contributed by atoms with Gasteiger partial charge in [0.15, 0.2) is 5.78 Å². The van der Waals surface area contributed by atoms with Crippen molar-refractivity contribution in [2.45, 2.75) is 64.9 Å². The Morgan fingerprint density at radius 2 is 1.83 bits per heavy atom. The van der Waals surface area contributed by atoms with Crippen LogP contribution in [0, 0.1) is 5.41 Å². The molecule has 0 N–H and O–H groups in total. The van der Waals surface area contributed by atoms with E-state index in [1.54, 1.807) is 20.8 Å². The molecule has 1 aliphatic carbocycles. The predicted octanol–water partition coefficient (Wildman–Crippen LogP) is 3.83. The Morgan fingerprint density at radius 3 is 2.29 bits per heavy atom. The summed E-state index contributed by atoms with van der Waals surface area (Å²) in [6, 6.07) is 9.37. The summed E-state index contributed by atoms with van der Waals surface area (Å²) in [5.74, 6) is -1.10. The number of Topliss-reactive ketones (excluding diaryl/α,β-unsaturated/α-hetero) is 2. The van der Waals surface area contributed by atoms with Gasteiger partial charge in [0, 0.05) is 18.8 Å². The zero-order valence-corrected chi connectivity index (χ0v) is 14.9. The summed E-state index contributed by atoms with van der Waals surface area (Å²) in [6.07, 6.45) is 1.61. The van der Waals surface area contributed by atoms with Crippen molar-refractivity contribution in [3.8, 4) is 0 Å². The monoisotopic (exact) mass is 330 g/mol. The summed E-state index contributed by atoms with van der Waals surface area (Å²) in [5, 5.41) is 0. The lowest BCUT2D eigenvalue weighted by Gasteiger charge is -2.36. The Balaban J connectivity index is 2.52. The molecule has 0 unspecified atom stereocenters. The third-order valence-corrected chi connectivity index (χ3v) is 4.52. The average Bonchev–Trinajstić information content (AvgIpc) is 2.86. The minimum atomic E-state index is -1.25. The van der Waals surface area contributed by atoms with Gasteiger partial charge in [-0.25, -0.2) is 0 Å². The van der Waals surface area contributed by atoms with E-state index in [1.807, 2.05) is 30.3 Å². The van der Waals surface area contributed by atoms with Crippen molar-refractivity contribution < 1.29 is 19.1 Å². The Bertz CT molecular complexity index is 627. The molecule has 1 aliphatic rings. The SMILES string of the molecule is CC(=O)C[C@@H](c1ccccc1)[C@]1(C(=O)OC(C)(C)C)CCCC1=O. The van der Waals surface area contributed by atoms with Crippen LogP contribution in [0.15, 0.2) is 30.3 Å². The molecule has 0 heterocycles. The second kappa shape index (κ2) is 6.88. The minimum absolute atomic E-state index is 0.0357. The molecule has 1 fully saturated rings. The normalized spacial score (nSPS) is 22.2. The van der Waals surface area contributed by atoms with E-state index >= 15 is 0 Å². The topological polar surface area (TPSA) is 60.4 Å². The van der Waals surface area contributed by atoms with Gasteiger partial charge in [0.2, 0.25) is 0 Å². The van der Waals surface area contributed by atoms with Crippen molar-refractivity contribution in [1.82, 2.24) is 0 Å². The van der Waals surface area contributed by atoms with Gasteiger partial charge in [0.1, 0.15) is 16.8 Å². The van der Waals surface area contributed by atoms with Crippen LogP contribution in [-0.2, 0) is 19.1 Å². The number of ketones is 2. The van der Waals surface area contributed by atoms with Crippen molar-refractivity contribution in [2.75, 3.05) is 0 Å². The van der Waals surface area contributed by atoms with Crippen molar-refractivity contribution in [1.29, 1.82) is 0 Å². The van der Waals surface area contributed by atoms with Crippen LogP contribution in [0.2, 0.25) is 0 Å². The van der Waals surface area contributed by atoms with Crippen LogP contribution in [-0.4, -0.2) is 23.1 Å². The molecule has 0 radical (unpaired) electrons. The number of ether oxygens (including phenoxy) is 1. The van der Waals surface area contributed by atoms with Crippen LogP contribution < -0.4 is 0 Å². The molecule has 4 heteroatoms. The van der Waals surface area contributed by atoms with Gasteiger partial charge in [-0.05, 0) is 46.1 Å². The zero-order valence-electron chi connectivity index (χ0n) is 14.9. The Morgan fingerprint density at radius 1 is 1.21 bits per heavy atom. The van der Waals surface area contributed by atoms with Crippen LogP contribution >= 0.6 is 0 Å². The average molecular weight is 330 g/mol. The lowest BCUT2D eigenvalue weighted by atomic mass is 9.68. The Kier molecular flexibility index (Phi) is 5.26. The van der Waals surface area contributed by atoms with Gasteiger partial charge in [-0.1, -0.05) is 30.3 Å². The van der Waals surface area contributed by atoms with E-state index in [1.165, 1.54) is 6.92 Å². The first-order valence-electron chi connectivity index (χ1n) is 8.48. The maximum Gasteiger partial charge on any atom is 0.320 e. The molecule has 0 aromatic heterocycles. The minimum Gasteiger partial charge on any atom is -0.459 e. The van der Waals surface area contributed by atoms with Crippen molar-refractivity contribution in [3.63, 3.8) is 0 Å². The molecule has 2 rings (SSSR count). The van der Waals surface area contributed by atoms with E-state index in [4.69, 9.17) is 4.74 Å². The maximum atomic E-state index is 13.0. The van der Waals surface area contributed by atoms with Gasteiger partial charge in [-0.2, -0.15) is 0 Å². The molecule has 1 aromatic rings. The van der Waals surface area contributed by atoms with Gasteiger partial charge < -0.3 is 9.53 Å². The van der Waals surface area contributed by atoms with Gasteiger partial charge in [0.25, 0.3) is 0 Å². The van der Waals surface area contributed by atoms with Crippen LogP contribution in [0.25, 0.3) is 0 Å². The molecule has 130 valence electrons. The molecular weight excluding hydrogens is 304 g/mol.